The molecule has 2 aromatic heterocycles. The van der Waals surface area contributed by atoms with Gasteiger partial charge in [-0.1, -0.05) is 0 Å². The maximum absolute atomic E-state index is 13.7. The van der Waals surface area contributed by atoms with E-state index in [2.05, 4.69) is 5.32 Å². The Morgan fingerprint density at radius 3 is 1.46 bits per heavy atom. The van der Waals surface area contributed by atoms with Gasteiger partial charge in [0.2, 0.25) is 5.91 Å². The van der Waals surface area contributed by atoms with Crippen LogP contribution in [0.4, 0.5) is 22.4 Å². The summed E-state index contributed by atoms with van der Waals surface area (Å²) < 4.78 is 58.5. The van der Waals surface area contributed by atoms with Gasteiger partial charge in [-0.05, 0) is 92.1 Å². The van der Waals surface area contributed by atoms with E-state index in [4.69, 9.17) is 0 Å². The highest BCUT2D eigenvalue weighted by atomic mass is 19.1. The number of aromatic nitrogens is 2. The molecule has 3 aliphatic rings. The first-order chi connectivity index (χ1) is 25.0. The standard InChI is InChI=1S/C21H20F2N2O2.C18H17F2N3O2/c22-13-2-5-19-17(8-13)18-9-14(23)3-6-20(18)25(19)11-16(26)10-24-15-4-1-12(7-15)21(24)27;19-11-1-3-16-14(7-11)15-8-12(20)2-4-17(15)23(16)10-13(24)9-22-6-5-21-18(22)25/h2-3,5-6,8-9,12,15-16,26H,1,4,7,10-11H2;1-4,7-8,13,24H,5-6,9-10H2,(H,21,25). The number of hydrogen-bond acceptors (Lipinski definition) is 4. The van der Waals surface area contributed by atoms with Gasteiger partial charge in [0, 0.05) is 75.2 Å². The van der Waals surface area contributed by atoms with E-state index in [-0.39, 0.29) is 55.2 Å². The lowest BCUT2D eigenvalue weighted by Crippen LogP contribution is -2.43. The molecule has 6 aromatic rings. The molecular weight excluding hydrogens is 678 g/mol. The Balaban J connectivity index is 0.000000149. The van der Waals surface area contributed by atoms with Crippen LogP contribution in [0.5, 0.6) is 0 Å². The Kier molecular flexibility index (Phi) is 8.78. The van der Waals surface area contributed by atoms with E-state index >= 15 is 0 Å². The molecule has 9 rings (SSSR count). The molecule has 270 valence electrons. The van der Waals surface area contributed by atoms with Gasteiger partial charge in [0.25, 0.3) is 0 Å². The normalized spacial score (nSPS) is 19.7. The van der Waals surface area contributed by atoms with Crippen molar-refractivity contribution < 1.29 is 37.4 Å². The SMILES string of the molecule is O=C1C2CCC(C2)N1CC(O)Cn1c2ccc(F)cc2c2cc(F)ccc21.O=C1NCCN1CC(O)Cn1c2ccc(F)cc2c2cc(F)ccc21. The Hall–Kier alpha value is -5.14. The third kappa shape index (κ3) is 6.21. The third-order valence-corrected chi connectivity index (χ3v) is 10.6. The molecule has 0 radical (unpaired) electrons. The van der Waals surface area contributed by atoms with E-state index in [0.29, 0.717) is 52.2 Å². The second-order valence-electron chi connectivity index (χ2n) is 14.0. The van der Waals surface area contributed by atoms with Gasteiger partial charge in [0.15, 0.2) is 0 Å². The number of nitrogens with one attached hydrogen (secondary N) is 1. The van der Waals surface area contributed by atoms with Gasteiger partial charge in [-0.25, -0.2) is 22.4 Å². The molecule has 3 fully saturated rings. The zero-order valence-electron chi connectivity index (χ0n) is 28.1. The number of piperidine rings is 1. The van der Waals surface area contributed by atoms with Crippen molar-refractivity contribution in [2.45, 2.75) is 50.6 Å². The molecular formula is C39H37F4N5O4. The number of urea groups is 1. The molecule has 3 N–H and O–H groups in total. The number of β-amino-alcohol motifs (C(OH)–C–C–N with tert-alkyl or cyclic N) is 2. The lowest BCUT2D eigenvalue weighted by molar-refractivity contribution is -0.135. The number of carbonyl (C=O) groups is 2. The first kappa shape index (κ1) is 34.0. The molecule has 9 nitrogen and oxygen atoms in total. The summed E-state index contributed by atoms with van der Waals surface area (Å²) in [6, 6.07) is 17.5. The second kappa shape index (κ2) is 13.4. The highest BCUT2D eigenvalue weighted by Crippen LogP contribution is 2.39. The zero-order valence-corrected chi connectivity index (χ0v) is 28.1. The van der Waals surface area contributed by atoms with Crippen molar-refractivity contribution in [2.24, 2.45) is 5.92 Å². The average molecular weight is 716 g/mol. The van der Waals surface area contributed by atoms with Crippen molar-refractivity contribution in [3.63, 3.8) is 0 Å². The van der Waals surface area contributed by atoms with Crippen LogP contribution in [0.1, 0.15) is 19.3 Å². The van der Waals surface area contributed by atoms with E-state index < -0.39 is 23.8 Å². The van der Waals surface area contributed by atoms with Gasteiger partial charge in [0.1, 0.15) is 23.3 Å². The van der Waals surface area contributed by atoms with Crippen LogP contribution in [0.15, 0.2) is 72.8 Å². The van der Waals surface area contributed by atoms with Crippen molar-refractivity contribution in [3.8, 4) is 0 Å². The summed E-state index contributed by atoms with van der Waals surface area (Å²) in [4.78, 5) is 27.3. The van der Waals surface area contributed by atoms with Crippen molar-refractivity contribution in [1.29, 1.82) is 0 Å². The van der Waals surface area contributed by atoms with Crippen molar-refractivity contribution >= 4 is 55.5 Å². The van der Waals surface area contributed by atoms with Crippen LogP contribution in [-0.2, 0) is 17.9 Å². The lowest BCUT2D eigenvalue weighted by Gasteiger charge is -2.29. The predicted molar refractivity (Wildman–Crippen MR) is 189 cm³/mol. The summed E-state index contributed by atoms with van der Waals surface area (Å²) in [6.07, 6.45) is 1.33. The highest BCUT2D eigenvalue weighted by molar-refractivity contribution is 6.09. The number of aliphatic hydroxyl groups excluding tert-OH is 2. The van der Waals surface area contributed by atoms with E-state index in [1.54, 1.807) is 29.2 Å². The van der Waals surface area contributed by atoms with Gasteiger partial charge < -0.3 is 34.5 Å². The van der Waals surface area contributed by atoms with Crippen molar-refractivity contribution in [1.82, 2.24) is 24.3 Å². The number of rotatable bonds is 8. The summed E-state index contributed by atoms with van der Waals surface area (Å²) in [5.41, 5.74) is 2.91. The molecule has 1 saturated carbocycles. The smallest absolute Gasteiger partial charge is 0.317 e. The molecule has 4 heterocycles. The van der Waals surface area contributed by atoms with Crippen LogP contribution >= 0.6 is 0 Å². The third-order valence-electron chi connectivity index (χ3n) is 10.6. The lowest BCUT2D eigenvalue weighted by atomic mass is 10.1. The summed E-state index contributed by atoms with van der Waals surface area (Å²) >= 11 is 0. The van der Waals surface area contributed by atoms with Crippen molar-refractivity contribution in [3.05, 3.63) is 96.1 Å². The monoisotopic (exact) mass is 715 g/mol. The molecule has 1 aliphatic carbocycles. The average Bonchev–Trinajstić information content (AvgIpc) is 3.93. The Morgan fingerprint density at radius 1 is 0.635 bits per heavy atom. The van der Waals surface area contributed by atoms with Gasteiger partial charge in [-0.3, -0.25) is 4.79 Å². The fourth-order valence-corrected chi connectivity index (χ4v) is 8.31. The molecule has 52 heavy (non-hydrogen) atoms. The minimum absolute atomic E-state index is 0.126. The fourth-order valence-electron chi connectivity index (χ4n) is 8.31. The van der Waals surface area contributed by atoms with Crippen LogP contribution in [-0.4, -0.2) is 85.5 Å². The molecule has 3 amide bonds. The number of aliphatic hydroxyl groups is 2. The second-order valence-corrected chi connectivity index (χ2v) is 14.0. The van der Waals surface area contributed by atoms with E-state index in [0.717, 1.165) is 30.3 Å². The minimum atomic E-state index is -0.794. The first-order valence-corrected chi connectivity index (χ1v) is 17.5. The number of carbonyl (C=O) groups excluding carboxylic acids is 2. The molecule has 2 saturated heterocycles. The minimum Gasteiger partial charge on any atom is -0.389 e. The summed E-state index contributed by atoms with van der Waals surface area (Å²) in [7, 11) is 0. The largest absolute Gasteiger partial charge is 0.389 e. The topological polar surface area (TPSA) is 103 Å². The molecule has 13 heteroatoms. The van der Waals surface area contributed by atoms with Gasteiger partial charge >= 0.3 is 6.03 Å². The van der Waals surface area contributed by atoms with Gasteiger partial charge in [-0.2, -0.15) is 0 Å². The van der Waals surface area contributed by atoms with E-state index in [1.807, 2.05) is 14.0 Å². The zero-order chi connectivity index (χ0) is 36.3. The summed E-state index contributed by atoms with van der Waals surface area (Å²) in [5.74, 6) is -1.29. The number of hydrogen-bond donors (Lipinski definition) is 3. The van der Waals surface area contributed by atoms with E-state index in [9.17, 15) is 37.4 Å². The number of amides is 3. The quantitative estimate of drug-likeness (QED) is 0.171. The van der Waals surface area contributed by atoms with Crippen LogP contribution in [0.2, 0.25) is 0 Å². The highest BCUT2D eigenvalue weighted by Gasteiger charge is 2.44. The Bertz CT molecular complexity index is 2240. The van der Waals surface area contributed by atoms with Gasteiger partial charge in [0.05, 0.1) is 31.8 Å². The summed E-state index contributed by atoms with van der Waals surface area (Å²) in [6.45, 7) is 2.11. The maximum atomic E-state index is 13.7. The molecule has 2 bridgehead atoms. The van der Waals surface area contributed by atoms with Crippen LogP contribution < -0.4 is 5.32 Å². The molecule has 4 aromatic carbocycles. The van der Waals surface area contributed by atoms with E-state index in [1.165, 1.54) is 48.5 Å². The summed E-state index contributed by atoms with van der Waals surface area (Å²) in [5, 5.41) is 26.3. The number of halogens is 4. The number of benzene rings is 4. The Labute approximate surface area is 295 Å². The number of likely N-dealkylation sites (tertiary alicyclic amines) is 1. The molecule has 2 aliphatic heterocycles. The fraction of sp³-hybridized carbons (Fsp3) is 0.333. The number of fused-ring (bicyclic) bond motifs is 8. The molecule has 4 atom stereocenters. The van der Waals surface area contributed by atoms with Crippen LogP contribution in [0, 0.1) is 29.2 Å². The van der Waals surface area contributed by atoms with Crippen molar-refractivity contribution in [2.75, 3.05) is 26.2 Å². The Morgan fingerprint density at radius 2 is 1.08 bits per heavy atom. The predicted octanol–water partition coefficient (Wildman–Crippen LogP) is 5.90. The molecule has 0 spiro atoms. The van der Waals surface area contributed by atoms with Crippen LogP contribution in [0.3, 0.4) is 0 Å². The number of nitrogens with zero attached hydrogens (tertiary/aromatic N) is 4. The first-order valence-electron chi connectivity index (χ1n) is 17.5. The van der Waals surface area contributed by atoms with Crippen LogP contribution in [0.25, 0.3) is 43.6 Å². The van der Waals surface area contributed by atoms with Gasteiger partial charge in [-0.15, -0.1) is 0 Å². The molecule has 4 unspecified atom stereocenters. The maximum Gasteiger partial charge on any atom is 0.317 e.